The third-order valence-corrected chi connectivity index (χ3v) is 3.53. The lowest BCUT2D eigenvalue weighted by atomic mass is 10.1. The molecule has 2 rings (SSSR count). The van der Waals surface area contributed by atoms with Crippen LogP contribution < -0.4 is 0 Å². The maximum Gasteiger partial charge on any atom is 0.128 e. The molecule has 3 heteroatoms. The van der Waals surface area contributed by atoms with Crippen LogP contribution in [0, 0.1) is 5.41 Å². The largest absolute Gasteiger partial charge is 0.354 e. The van der Waals surface area contributed by atoms with Gasteiger partial charge in [0.25, 0.3) is 0 Å². The van der Waals surface area contributed by atoms with Crippen LogP contribution >= 0.6 is 0 Å². The lowest BCUT2D eigenvalue weighted by Gasteiger charge is -2.40. The molecule has 1 heterocycles. The molecule has 1 saturated heterocycles. The van der Waals surface area contributed by atoms with Crippen molar-refractivity contribution in [3.63, 3.8) is 0 Å². The van der Waals surface area contributed by atoms with Gasteiger partial charge in [-0.05, 0) is 13.5 Å². The number of nitrogens with zero attached hydrogens (tertiary/aromatic N) is 2. The molecule has 1 aliphatic heterocycles. The van der Waals surface area contributed by atoms with Gasteiger partial charge < -0.3 is 4.90 Å². The molecule has 92 valence electrons. The monoisotopic (exact) mass is 231 g/mol. The molecule has 0 aliphatic carbocycles. The van der Waals surface area contributed by atoms with Gasteiger partial charge in [-0.1, -0.05) is 37.3 Å². The third kappa shape index (κ3) is 2.67. The Morgan fingerprint density at radius 3 is 2.59 bits per heavy atom. The number of piperazine rings is 1. The van der Waals surface area contributed by atoms with E-state index in [1.807, 2.05) is 30.3 Å². The zero-order chi connectivity index (χ0) is 12.3. The first-order chi connectivity index (χ1) is 8.22. The van der Waals surface area contributed by atoms with Crippen LogP contribution in [0.5, 0.6) is 0 Å². The lowest BCUT2D eigenvalue weighted by molar-refractivity contribution is 0.129. The van der Waals surface area contributed by atoms with Gasteiger partial charge in [0.15, 0.2) is 0 Å². The van der Waals surface area contributed by atoms with Crippen LogP contribution in [0.2, 0.25) is 0 Å². The Hall–Kier alpha value is -1.35. The van der Waals surface area contributed by atoms with Gasteiger partial charge in [-0.25, -0.2) is 0 Å². The average molecular weight is 231 g/mol. The fourth-order valence-electron chi connectivity index (χ4n) is 2.45. The van der Waals surface area contributed by atoms with E-state index < -0.39 is 0 Å². The number of benzene rings is 1. The van der Waals surface area contributed by atoms with E-state index >= 15 is 0 Å². The van der Waals surface area contributed by atoms with E-state index in [4.69, 9.17) is 5.41 Å². The Labute approximate surface area is 104 Å². The minimum atomic E-state index is 0.540. The van der Waals surface area contributed by atoms with Crippen LogP contribution in [-0.4, -0.2) is 47.9 Å². The summed E-state index contributed by atoms with van der Waals surface area (Å²) in [6, 6.07) is 10.6. The minimum absolute atomic E-state index is 0.540. The summed E-state index contributed by atoms with van der Waals surface area (Å²) in [5.41, 5.74) is 1.02. The van der Waals surface area contributed by atoms with Gasteiger partial charge in [-0.2, -0.15) is 0 Å². The third-order valence-electron chi connectivity index (χ3n) is 3.53. The first kappa shape index (κ1) is 12.1. The van der Waals surface area contributed by atoms with E-state index in [1.54, 1.807) is 0 Å². The Kier molecular flexibility index (Phi) is 3.79. The molecular formula is C14H21N3. The molecule has 1 aromatic rings. The van der Waals surface area contributed by atoms with E-state index in [-0.39, 0.29) is 0 Å². The number of likely N-dealkylation sites (N-methyl/N-ethyl adjacent to an activating group) is 1. The minimum Gasteiger partial charge on any atom is -0.354 e. The van der Waals surface area contributed by atoms with E-state index in [1.165, 1.54) is 0 Å². The van der Waals surface area contributed by atoms with Crippen LogP contribution in [-0.2, 0) is 0 Å². The molecule has 1 aromatic carbocycles. The summed E-state index contributed by atoms with van der Waals surface area (Å²) < 4.78 is 0. The average Bonchev–Trinajstić information content (AvgIpc) is 2.39. The molecule has 0 aromatic heterocycles. The summed E-state index contributed by atoms with van der Waals surface area (Å²) in [6.45, 7) is 8.54. The molecule has 0 saturated carbocycles. The highest BCUT2D eigenvalue weighted by Gasteiger charge is 2.24. The van der Waals surface area contributed by atoms with Gasteiger partial charge in [0, 0.05) is 31.2 Å². The molecule has 17 heavy (non-hydrogen) atoms. The number of amidine groups is 1. The van der Waals surface area contributed by atoms with Crippen LogP contribution in [0.1, 0.15) is 19.4 Å². The van der Waals surface area contributed by atoms with Crippen molar-refractivity contribution in [2.45, 2.75) is 19.9 Å². The highest BCUT2D eigenvalue weighted by molar-refractivity contribution is 5.96. The van der Waals surface area contributed by atoms with Gasteiger partial charge in [0.2, 0.25) is 0 Å². The van der Waals surface area contributed by atoms with Gasteiger partial charge in [0.1, 0.15) is 5.84 Å². The Bertz CT molecular complexity index is 374. The number of hydrogen-bond donors (Lipinski definition) is 1. The van der Waals surface area contributed by atoms with Crippen molar-refractivity contribution in [2.75, 3.05) is 26.2 Å². The predicted octanol–water partition coefficient (Wildman–Crippen LogP) is 2.04. The van der Waals surface area contributed by atoms with Crippen molar-refractivity contribution >= 4 is 5.84 Å². The number of nitrogens with one attached hydrogen (secondary N) is 1. The molecular weight excluding hydrogens is 210 g/mol. The molecule has 1 aliphatic rings. The summed E-state index contributed by atoms with van der Waals surface area (Å²) >= 11 is 0. The zero-order valence-corrected chi connectivity index (χ0v) is 10.7. The molecule has 1 N–H and O–H groups in total. The van der Waals surface area contributed by atoms with Crippen molar-refractivity contribution in [3.05, 3.63) is 35.9 Å². The fourth-order valence-corrected chi connectivity index (χ4v) is 2.45. The Morgan fingerprint density at radius 2 is 2.00 bits per heavy atom. The highest BCUT2D eigenvalue weighted by atomic mass is 15.3. The second kappa shape index (κ2) is 5.32. The van der Waals surface area contributed by atoms with Gasteiger partial charge in [-0.15, -0.1) is 0 Å². The molecule has 1 fully saturated rings. The molecule has 1 atom stereocenters. The van der Waals surface area contributed by atoms with Crippen molar-refractivity contribution in [1.82, 2.24) is 9.80 Å². The van der Waals surface area contributed by atoms with Crippen molar-refractivity contribution in [2.24, 2.45) is 0 Å². The molecule has 1 unspecified atom stereocenters. The second-order valence-corrected chi connectivity index (χ2v) is 4.64. The number of rotatable bonds is 2. The van der Waals surface area contributed by atoms with E-state index in [0.29, 0.717) is 11.9 Å². The SMILES string of the molecule is CCN1CCN(C(=N)c2ccccc2)CC1C. The van der Waals surface area contributed by atoms with E-state index in [0.717, 1.165) is 31.7 Å². The molecule has 0 amide bonds. The fraction of sp³-hybridized carbons (Fsp3) is 0.500. The zero-order valence-electron chi connectivity index (χ0n) is 10.7. The first-order valence-corrected chi connectivity index (χ1v) is 6.35. The van der Waals surface area contributed by atoms with Crippen LogP contribution in [0.4, 0.5) is 0 Å². The summed E-state index contributed by atoms with van der Waals surface area (Å²) in [6.07, 6.45) is 0. The summed E-state index contributed by atoms with van der Waals surface area (Å²) in [5, 5.41) is 8.24. The van der Waals surface area contributed by atoms with Gasteiger partial charge in [-0.3, -0.25) is 10.3 Å². The topological polar surface area (TPSA) is 30.3 Å². The molecule has 0 bridgehead atoms. The number of hydrogen-bond acceptors (Lipinski definition) is 2. The van der Waals surface area contributed by atoms with E-state index in [9.17, 15) is 0 Å². The van der Waals surface area contributed by atoms with Gasteiger partial charge >= 0.3 is 0 Å². The van der Waals surface area contributed by atoms with E-state index in [2.05, 4.69) is 23.6 Å². The second-order valence-electron chi connectivity index (χ2n) is 4.64. The molecule has 0 radical (unpaired) electrons. The van der Waals surface area contributed by atoms with Gasteiger partial charge in [0.05, 0.1) is 0 Å². The first-order valence-electron chi connectivity index (χ1n) is 6.35. The predicted molar refractivity (Wildman–Crippen MR) is 71.6 cm³/mol. The quantitative estimate of drug-likeness (QED) is 0.623. The standard InChI is InChI=1S/C14H21N3/c1-3-16-9-10-17(11-12(16)2)14(15)13-7-5-4-6-8-13/h4-8,12,15H,3,9-11H2,1-2H3. The maximum atomic E-state index is 8.24. The molecule has 3 nitrogen and oxygen atoms in total. The highest BCUT2D eigenvalue weighted by Crippen LogP contribution is 2.12. The van der Waals surface area contributed by atoms with Crippen molar-refractivity contribution < 1.29 is 0 Å². The Balaban J connectivity index is 2.03. The van der Waals surface area contributed by atoms with Crippen LogP contribution in [0.25, 0.3) is 0 Å². The van der Waals surface area contributed by atoms with Crippen molar-refractivity contribution in [3.8, 4) is 0 Å². The summed E-state index contributed by atoms with van der Waals surface area (Å²) in [5.74, 6) is 0.660. The lowest BCUT2D eigenvalue weighted by Crippen LogP contribution is -2.53. The summed E-state index contributed by atoms with van der Waals surface area (Å²) in [4.78, 5) is 4.65. The van der Waals surface area contributed by atoms with Crippen molar-refractivity contribution in [1.29, 1.82) is 5.41 Å². The van der Waals surface area contributed by atoms with Crippen LogP contribution in [0.3, 0.4) is 0 Å². The van der Waals surface area contributed by atoms with Crippen LogP contribution in [0.15, 0.2) is 30.3 Å². The smallest absolute Gasteiger partial charge is 0.128 e. The Morgan fingerprint density at radius 1 is 1.29 bits per heavy atom. The maximum absolute atomic E-state index is 8.24. The normalized spacial score (nSPS) is 21.5. The molecule has 0 spiro atoms. The summed E-state index contributed by atoms with van der Waals surface area (Å²) in [7, 11) is 0.